The minimum absolute atomic E-state index is 0.0451. The zero-order chi connectivity index (χ0) is 14.4. The summed E-state index contributed by atoms with van der Waals surface area (Å²) < 4.78 is 12.9. The van der Waals surface area contributed by atoms with E-state index >= 15 is 0 Å². The van der Waals surface area contributed by atoms with Gasteiger partial charge in [-0.1, -0.05) is 25.0 Å². The summed E-state index contributed by atoms with van der Waals surface area (Å²) in [5, 5.41) is 2.98. The molecule has 1 amide bonds. The minimum atomic E-state index is -0.253. The van der Waals surface area contributed by atoms with Gasteiger partial charge in [0, 0.05) is 0 Å². The lowest BCUT2D eigenvalue weighted by atomic mass is 10.1. The first-order valence-corrected chi connectivity index (χ1v) is 7.42. The van der Waals surface area contributed by atoms with Gasteiger partial charge >= 0.3 is 0 Å². The van der Waals surface area contributed by atoms with E-state index in [-0.39, 0.29) is 17.8 Å². The van der Waals surface area contributed by atoms with Crippen LogP contribution in [-0.2, 0) is 4.79 Å². The zero-order valence-electron chi connectivity index (χ0n) is 12.1. The number of nitrogens with one attached hydrogen (secondary N) is 1. The Morgan fingerprint density at radius 3 is 2.40 bits per heavy atom. The Morgan fingerprint density at radius 1 is 1.20 bits per heavy atom. The molecule has 0 radical (unpaired) electrons. The number of amides is 1. The molecule has 110 valence electrons. The van der Waals surface area contributed by atoms with E-state index in [2.05, 4.69) is 10.2 Å². The topological polar surface area (TPSA) is 32.3 Å². The molecule has 1 aliphatic rings. The van der Waals surface area contributed by atoms with Crippen molar-refractivity contribution in [1.29, 1.82) is 0 Å². The largest absolute Gasteiger partial charge is 0.348 e. The van der Waals surface area contributed by atoms with E-state index in [0.717, 1.165) is 18.7 Å². The van der Waals surface area contributed by atoms with Crippen LogP contribution in [0.3, 0.4) is 0 Å². The molecule has 0 bridgehead atoms. The molecule has 0 saturated carbocycles. The van der Waals surface area contributed by atoms with Crippen molar-refractivity contribution in [2.75, 3.05) is 19.6 Å². The summed E-state index contributed by atoms with van der Waals surface area (Å²) in [6.45, 7) is 4.41. The van der Waals surface area contributed by atoms with E-state index in [1.165, 1.54) is 37.8 Å². The molecular formula is C16H23FN2O. The summed E-state index contributed by atoms with van der Waals surface area (Å²) in [5.74, 6) is -0.208. The van der Waals surface area contributed by atoms with Crippen molar-refractivity contribution < 1.29 is 9.18 Å². The fourth-order valence-corrected chi connectivity index (χ4v) is 2.62. The highest BCUT2D eigenvalue weighted by Crippen LogP contribution is 2.13. The van der Waals surface area contributed by atoms with Gasteiger partial charge in [-0.15, -0.1) is 0 Å². The van der Waals surface area contributed by atoms with Crippen LogP contribution in [0.5, 0.6) is 0 Å². The van der Waals surface area contributed by atoms with Crippen LogP contribution in [0.15, 0.2) is 24.3 Å². The minimum Gasteiger partial charge on any atom is -0.348 e. The molecule has 1 fully saturated rings. The Labute approximate surface area is 120 Å². The van der Waals surface area contributed by atoms with Gasteiger partial charge in [0.1, 0.15) is 5.82 Å². The summed E-state index contributed by atoms with van der Waals surface area (Å²) in [6, 6.07) is 6.19. The second kappa shape index (κ2) is 7.39. The molecule has 3 nitrogen and oxygen atoms in total. The number of hydrogen-bond acceptors (Lipinski definition) is 2. The molecule has 0 aromatic heterocycles. The number of nitrogens with zero attached hydrogens (tertiary/aromatic N) is 1. The third-order valence-electron chi connectivity index (χ3n) is 3.81. The molecule has 1 atom stereocenters. The molecule has 1 aromatic carbocycles. The van der Waals surface area contributed by atoms with Crippen molar-refractivity contribution in [3.8, 4) is 0 Å². The first kappa shape index (κ1) is 15.0. The fraction of sp³-hybridized carbons (Fsp3) is 0.562. The van der Waals surface area contributed by atoms with E-state index in [9.17, 15) is 9.18 Å². The molecule has 1 heterocycles. The number of rotatable bonds is 4. The van der Waals surface area contributed by atoms with Gasteiger partial charge in [0.15, 0.2) is 0 Å². The van der Waals surface area contributed by atoms with Gasteiger partial charge in [0.05, 0.1) is 12.6 Å². The summed E-state index contributed by atoms with van der Waals surface area (Å²) >= 11 is 0. The van der Waals surface area contributed by atoms with E-state index in [1.54, 1.807) is 12.1 Å². The third kappa shape index (κ3) is 4.60. The molecule has 1 aliphatic heterocycles. The summed E-state index contributed by atoms with van der Waals surface area (Å²) in [6.07, 6.45) is 4.90. The maximum atomic E-state index is 12.9. The normalized spacial score (nSPS) is 18.3. The van der Waals surface area contributed by atoms with Gasteiger partial charge in [-0.05, 0) is 50.6 Å². The lowest BCUT2D eigenvalue weighted by molar-refractivity contribution is -0.122. The Kier molecular flexibility index (Phi) is 5.53. The third-order valence-corrected chi connectivity index (χ3v) is 3.81. The van der Waals surface area contributed by atoms with E-state index < -0.39 is 0 Å². The van der Waals surface area contributed by atoms with Crippen LogP contribution in [0.4, 0.5) is 4.39 Å². The monoisotopic (exact) mass is 278 g/mol. The van der Waals surface area contributed by atoms with Crippen molar-refractivity contribution in [2.45, 2.75) is 38.6 Å². The number of benzene rings is 1. The van der Waals surface area contributed by atoms with Gasteiger partial charge in [-0.2, -0.15) is 0 Å². The molecule has 1 N–H and O–H groups in total. The highest BCUT2D eigenvalue weighted by Gasteiger charge is 2.15. The Bertz CT molecular complexity index is 425. The predicted molar refractivity (Wildman–Crippen MR) is 77.9 cm³/mol. The number of hydrogen-bond donors (Lipinski definition) is 1. The van der Waals surface area contributed by atoms with Gasteiger partial charge in [0.2, 0.25) is 5.91 Å². The zero-order valence-corrected chi connectivity index (χ0v) is 12.1. The number of carbonyl (C=O) groups excluding carboxylic acids is 1. The molecule has 4 heteroatoms. The van der Waals surface area contributed by atoms with E-state index in [0.29, 0.717) is 6.54 Å². The Hall–Kier alpha value is -1.42. The van der Waals surface area contributed by atoms with Crippen molar-refractivity contribution >= 4 is 5.91 Å². The van der Waals surface area contributed by atoms with E-state index in [4.69, 9.17) is 0 Å². The molecule has 0 aliphatic carbocycles. The molecular weight excluding hydrogens is 255 g/mol. The molecule has 1 aromatic rings. The average Bonchev–Trinajstić information content (AvgIpc) is 2.68. The van der Waals surface area contributed by atoms with Gasteiger partial charge in [-0.25, -0.2) is 4.39 Å². The summed E-state index contributed by atoms with van der Waals surface area (Å²) in [5.41, 5.74) is 0.926. The van der Waals surface area contributed by atoms with Crippen molar-refractivity contribution in [2.24, 2.45) is 0 Å². The van der Waals surface area contributed by atoms with Gasteiger partial charge < -0.3 is 5.32 Å². The fourth-order valence-electron chi connectivity index (χ4n) is 2.62. The predicted octanol–water partition coefficient (Wildman–Crippen LogP) is 2.88. The quantitative estimate of drug-likeness (QED) is 0.918. The highest BCUT2D eigenvalue weighted by atomic mass is 19.1. The number of carbonyl (C=O) groups is 1. The van der Waals surface area contributed by atoms with Crippen LogP contribution in [-0.4, -0.2) is 30.4 Å². The van der Waals surface area contributed by atoms with Crippen LogP contribution < -0.4 is 5.32 Å². The first-order chi connectivity index (χ1) is 9.65. The van der Waals surface area contributed by atoms with Gasteiger partial charge in [0.25, 0.3) is 0 Å². The van der Waals surface area contributed by atoms with E-state index in [1.807, 2.05) is 6.92 Å². The molecule has 0 spiro atoms. The maximum Gasteiger partial charge on any atom is 0.234 e. The second-order valence-corrected chi connectivity index (χ2v) is 5.53. The number of halogens is 1. The van der Waals surface area contributed by atoms with Crippen molar-refractivity contribution in [3.63, 3.8) is 0 Å². The SMILES string of the molecule is C[C@H](NC(=O)CN1CCCCCC1)c1ccc(F)cc1. The first-order valence-electron chi connectivity index (χ1n) is 7.42. The summed E-state index contributed by atoms with van der Waals surface area (Å²) in [4.78, 5) is 14.3. The van der Waals surface area contributed by atoms with Gasteiger partial charge in [-0.3, -0.25) is 9.69 Å². The Morgan fingerprint density at radius 2 is 1.80 bits per heavy atom. The lowest BCUT2D eigenvalue weighted by Crippen LogP contribution is -2.38. The Balaban J connectivity index is 1.82. The molecule has 1 saturated heterocycles. The van der Waals surface area contributed by atoms with Crippen LogP contribution >= 0.6 is 0 Å². The lowest BCUT2D eigenvalue weighted by Gasteiger charge is -2.21. The van der Waals surface area contributed by atoms with Crippen LogP contribution in [0.25, 0.3) is 0 Å². The smallest absolute Gasteiger partial charge is 0.234 e. The van der Waals surface area contributed by atoms with Crippen LogP contribution in [0.1, 0.15) is 44.2 Å². The van der Waals surface area contributed by atoms with Crippen molar-refractivity contribution in [3.05, 3.63) is 35.6 Å². The molecule has 20 heavy (non-hydrogen) atoms. The number of likely N-dealkylation sites (tertiary alicyclic amines) is 1. The molecule has 0 unspecified atom stereocenters. The van der Waals surface area contributed by atoms with Crippen molar-refractivity contribution in [1.82, 2.24) is 10.2 Å². The summed E-state index contributed by atoms with van der Waals surface area (Å²) in [7, 11) is 0. The van der Waals surface area contributed by atoms with Crippen LogP contribution in [0, 0.1) is 5.82 Å². The van der Waals surface area contributed by atoms with Crippen LogP contribution in [0.2, 0.25) is 0 Å². The standard InChI is InChI=1S/C16H23FN2O/c1-13(14-6-8-15(17)9-7-14)18-16(20)12-19-10-4-2-3-5-11-19/h6-9,13H,2-5,10-12H2,1H3,(H,18,20)/t13-/m0/s1. The highest BCUT2D eigenvalue weighted by molar-refractivity contribution is 5.78. The molecule has 2 rings (SSSR count). The average molecular weight is 278 g/mol. The second-order valence-electron chi connectivity index (χ2n) is 5.53. The maximum absolute atomic E-state index is 12.9.